The highest BCUT2D eigenvalue weighted by molar-refractivity contribution is 9.10. The monoisotopic (exact) mass is 1580 g/mol. The number of aliphatic hydroxyl groups excluding tert-OH is 2. The van der Waals surface area contributed by atoms with E-state index >= 15 is 0 Å². The number of ether oxygens (including phenoxy) is 3. The number of esters is 1. The summed E-state index contributed by atoms with van der Waals surface area (Å²) < 4.78 is 178. The van der Waals surface area contributed by atoms with E-state index in [0.717, 1.165) is 45.6 Å². The third kappa shape index (κ3) is 24.9. The topological polar surface area (TPSA) is 207 Å². The molecule has 5 fully saturated rings. The van der Waals surface area contributed by atoms with Gasteiger partial charge in [-0.2, -0.15) is 52.7 Å². The molecular weight excluding hydrogens is 1490 g/mol. The van der Waals surface area contributed by atoms with Crippen LogP contribution < -0.4 is 32.4 Å². The summed E-state index contributed by atoms with van der Waals surface area (Å²) in [5.74, 6) is 0.00685. The summed E-state index contributed by atoms with van der Waals surface area (Å²) in [5, 5.41) is 21.4. The maximum Gasteiger partial charge on any atom is 0.416 e. The number of aliphatic hydroxyl groups is 2. The number of nitrogens with two attached hydrogens (primary N) is 1. The van der Waals surface area contributed by atoms with Gasteiger partial charge in [0, 0.05) is 89.8 Å². The Morgan fingerprint density at radius 3 is 1.36 bits per heavy atom. The predicted octanol–water partition coefficient (Wildman–Crippen LogP) is 10.6. The van der Waals surface area contributed by atoms with Crippen molar-refractivity contribution in [2.45, 2.75) is 186 Å². The number of hydrogen-bond acceptors (Lipinski definition) is 16. The van der Waals surface area contributed by atoms with E-state index < -0.39 is 77.3 Å². The van der Waals surface area contributed by atoms with Gasteiger partial charge in [0.25, 0.3) is 0 Å². The molecule has 0 saturated carbocycles. The molecule has 4 N–H and O–H groups in total. The molecule has 0 spiro atoms. The predicted molar refractivity (Wildman–Crippen MR) is 366 cm³/mol. The SMILES string of the molecule is CC[C@@H]1C[C@H](N(Cc2cc(C(F)(F)F)cc(C(F)(F)F)c2)c2ncc(Br)cn2)CN1C(=O)OC(C)C.CC[C@@H]1C[C@H](N(Cc2cc(C(F)(F)F)cc(C(F)(F)F)c2)c2ncc(N3CC[C@H](O)C3)cn2)CN1C(=O)OC(C)C.O=C(O[C@H]1CC[NH2+]C1)c1ccccc1.O[C@H]1CCN(Cc2ccccc2)C1.[Cl-]. The molecule has 19 nitrogen and oxygen atoms in total. The lowest BCUT2D eigenvalue weighted by Gasteiger charge is -2.30. The Hall–Kier alpha value is -7.78. The average molecular weight is 1580 g/mol. The molecule has 6 aromatic rings. The fourth-order valence-electron chi connectivity index (χ4n) is 12.8. The van der Waals surface area contributed by atoms with Gasteiger partial charge in [-0.1, -0.05) is 62.4 Å². The summed E-state index contributed by atoms with van der Waals surface area (Å²) in [4.78, 5) is 64.6. The van der Waals surface area contributed by atoms with Gasteiger partial charge in [0.1, 0.15) is 6.54 Å². The Bertz CT molecular complexity index is 3660. The van der Waals surface area contributed by atoms with Gasteiger partial charge in [0.15, 0.2) is 6.10 Å². The van der Waals surface area contributed by atoms with E-state index in [9.17, 15) is 77.3 Å². The lowest BCUT2D eigenvalue weighted by Crippen LogP contribution is -3.00. The molecule has 5 aliphatic rings. The summed E-state index contributed by atoms with van der Waals surface area (Å²) >= 11 is 3.22. The van der Waals surface area contributed by atoms with Crippen molar-refractivity contribution in [2.75, 3.05) is 67.1 Å². The second-order valence-electron chi connectivity index (χ2n) is 26.6. The van der Waals surface area contributed by atoms with Crippen molar-refractivity contribution in [1.82, 2.24) is 34.6 Å². The minimum atomic E-state index is -4.99. The molecular formula is C72H87BrClF12N11O8. The van der Waals surface area contributed by atoms with Crippen LogP contribution in [0.2, 0.25) is 0 Å². The number of benzene rings is 4. The minimum Gasteiger partial charge on any atom is -1.00 e. The van der Waals surface area contributed by atoms with Gasteiger partial charge in [0.2, 0.25) is 11.9 Å². The quantitative estimate of drug-likeness (QED) is 0.0441. The summed E-state index contributed by atoms with van der Waals surface area (Å²) in [6.45, 7) is 15.9. The van der Waals surface area contributed by atoms with E-state index in [1.54, 1.807) is 44.7 Å². The van der Waals surface area contributed by atoms with Crippen LogP contribution >= 0.6 is 15.9 Å². The third-order valence-corrected chi connectivity index (χ3v) is 18.3. The van der Waals surface area contributed by atoms with E-state index in [1.165, 1.54) is 45.1 Å². The normalized spacial score (nSPS) is 20.5. The van der Waals surface area contributed by atoms with E-state index in [0.29, 0.717) is 85.2 Å². The first-order valence-electron chi connectivity index (χ1n) is 34.3. The van der Waals surface area contributed by atoms with Crippen molar-refractivity contribution < 1.29 is 109 Å². The number of quaternary nitrogens is 1. The van der Waals surface area contributed by atoms with Crippen LogP contribution in [0.4, 0.5) is 79.9 Å². The van der Waals surface area contributed by atoms with Gasteiger partial charge in [-0.05, 0) is 147 Å². The standard InChI is InChI=1S/C27H33F6N5O3.C23H25BrF6N4O2.C11H13NO2.C11H15NO.ClH/c1-4-20-10-21(14-38(20)25(40)41-16(2)3)37(24-34-11-22(12-35-24)36-6-5-23(39)15-36)13-17-7-18(26(28,29)30)9-19(8-17)27(31,32)33;1-4-18-8-19(12-34(18)21(35)36-13(2)3)33(20-31-9-17(24)10-32-20)11-14-5-15(22(25,26)27)7-16(6-14)23(28,29)30;13-11(9-4-2-1-3-5-9)14-10-6-7-12-8-10;13-11-6-7-12(9-11)8-10-4-2-1-3-5-10;/h7-9,11-12,16,20-21,23,39H,4-6,10,13-15H2,1-3H3;5-7,9-10,13,18-19H,4,8,11-12H2,1-3H3;1-5,10,12H,6-8H2;1-5,11,13H,6-9H2;1H/t20-,21+,23+;18-,19+;10-;11-;/m1100./s1. The zero-order chi connectivity index (χ0) is 75.8. The molecule has 7 heterocycles. The molecule has 4 aromatic carbocycles. The van der Waals surface area contributed by atoms with Gasteiger partial charge in [-0.15, -0.1) is 0 Å². The number of nitrogens with zero attached hydrogens (tertiary/aromatic N) is 10. The first kappa shape index (κ1) is 84.5. The Morgan fingerprint density at radius 2 is 0.990 bits per heavy atom. The highest BCUT2D eigenvalue weighted by Crippen LogP contribution is 2.40. The Balaban J connectivity index is 0.000000216. The molecule has 0 unspecified atom stereocenters. The molecule has 576 valence electrons. The van der Waals surface area contributed by atoms with Crippen molar-refractivity contribution in [3.63, 3.8) is 0 Å². The molecule has 7 atom stereocenters. The second-order valence-corrected chi connectivity index (χ2v) is 27.6. The van der Waals surface area contributed by atoms with E-state index in [-0.39, 0.29) is 116 Å². The maximum atomic E-state index is 13.6. The summed E-state index contributed by atoms with van der Waals surface area (Å²) in [7, 11) is 0. The fourth-order valence-corrected chi connectivity index (χ4v) is 13.0. The maximum absolute atomic E-state index is 13.6. The van der Waals surface area contributed by atoms with Crippen molar-refractivity contribution in [1.29, 1.82) is 0 Å². The molecule has 2 amide bonds. The summed E-state index contributed by atoms with van der Waals surface area (Å²) in [6.07, 6.45) is -11.9. The van der Waals surface area contributed by atoms with Crippen LogP contribution in [0.25, 0.3) is 0 Å². The lowest BCUT2D eigenvalue weighted by molar-refractivity contribution is -0.638. The number of carbonyl (C=O) groups excluding carboxylic acids is 3. The number of β-amino-alcohol motifs (C(OH)–C–C–N with tert-alkyl or cyclic N) is 2. The number of likely N-dealkylation sites (tertiary alicyclic amines) is 3. The molecule has 0 radical (unpaired) electrons. The van der Waals surface area contributed by atoms with Crippen molar-refractivity contribution in [3.8, 4) is 0 Å². The average Bonchev–Trinajstić information content (AvgIpc) is 1.70. The zero-order valence-electron chi connectivity index (χ0n) is 58.7. The smallest absolute Gasteiger partial charge is 0.416 e. The third-order valence-electron chi connectivity index (χ3n) is 17.9. The number of amides is 2. The van der Waals surface area contributed by atoms with Gasteiger partial charge in [-0.25, -0.2) is 34.3 Å². The molecule has 11 rings (SSSR count). The van der Waals surface area contributed by atoms with Crippen molar-refractivity contribution >= 4 is 51.7 Å². The van der Waals surface area contributed by atoms with E-state index in [4.69, 9.17) is 14.2 Å². The highest BCUT2D eigenvalue weighted by atomic mass is 79.9. The second kappa shape index (κ2) is 37.7. The van der Waals surface area contributed by atoms with Gasteiger partial charge in [0.05, 0.1) is 93.4 Å². The molecule has 0 aliphatic carbocycles. The molecule has 0 bridgehead atoms. The van der Waals surface area contributed by atoms with Crippen LogP contribution in [0.5, 0.6) is 0 Å². The number of hydrogen-bond donors (Lipinski definition) is 3. The number of halogens is 14. The Kier molecular flexibility index (Phi) is 30.3. The molecule has 105 heavy (non-hydrogen) atoms. The summed E-state index contributed by atoms with van der Waals surface area (Å²) in [6, 6.07) is 21.0. The van der Waals surface area contributed by atoms with Gasteiger partial charge in [-0.3, -0.25) is 4.90 Å². The zero-order valence-corrected chi connectivity index (χ0v) is 61.0. The van der Waals surface area contributed by atoms with Crippen LogP contribution in [-0.4, -0.2) is 170 Å². The number of rotatable bonds is 17. The van der Waals surface area contributed by atoms with Crippen LogP contribution in [0.15, 0.2) is 126 Å². The molecule has 2 aromatic heterocycles. The number of carbonyl (C=O) groups is 3. The summed E-state index contributed by atoms with van der Waals surface area (Å²) in [5.41, 5.74) is -3.46. The number of aromatic nitrogens is 4. The van der Waals surface area contributed by atoms with Crippen LogP contribution in [0.3, 0.4) is 0 Å². The largest absolute Gasteiger partial charge is 1.00 e. The van der Waals surface area contributed by atoms with Gasteiger partial charge < -0.3 is 66.6 Å². The first-order chi connectivity index (χ1) is 49.0. The van der Waals surface area contributed by atoms with E-state index in [2.05, 4.69) is 70.3 Å². The Morgan fingerprint density at radius 1 is 0.571 bits per heavy atom. The molecule has 33 heteroatoms. The Labute approximate surface area is 616 Å². The lowest BCUT2D eigenvalue weighted by atomic mass is 10.0. The minimum absolute atomic E-state index is 0. The first-order valence-corrected chi connectivity index (χ1v) is 35.1. The molecule has 5 saturated heterocycles. The van der Waals surface area contributed by atoms with Crippen LogP contribution in [0.1, 0.15) is 136 Å². The molecule has 5 aliphatic heterocycles. The van der Waals surface area contributed by atoms with Crippen molar-refractivity contribution in [3.05, 3.63) is 171 Å². The highest BCUT2D eigenvalue weighted by Gasteiger charge is 2.44. The fraction of sp³-hybridized carbons (Fsp3) is 0.514. The van der Waals surface area contributed by atoms with Crippen LogP contribution in [0, 0.1) is 0 Å². The van der Waals surface area contributed by atoms with E-state index in [1.807, 2.05) is 43.0 Å². The van der Waals surface area contributed by atoms with Gasteiger partial charge >= 0.3 is 42.9 Å². The van der Waals surface area contributed by atoms with Crippen molar-refractivity contribution in [2.24, 2.45) is 0 Å². The van der Waals surface area contributed by atoms with Crippen LogP contribution in [-0.2, 0) is 58.6 Å². The number of anilines is 3. The number of alkyl halides is 12.